The molecule has 4 heterocycles. The molecule has 6 rings (SSSR count). The maximum Gasteiger partial charge on any atom is 0.245 e. The van der Waals surface area contributed by atoms with Crippen molar-refractivity contribution >= 4 is 34.4 Å². The van der Waals surface area contributed by atoms with Gasteiger partial charge in [-0.15, -0.1) is 5.10 Å². The van der Waals surface area contributed by atoms with Crippen molar-refractivity contribution < 1.29 is 0 Å². The first kappa shape index (κ1) is 23.3. The molecule has 4 aromatic rings. The third-order valence-electron chi connectivity index (χ3n) is 7.53. The van der Waals surface area contributed by atoms with Crippen molar-refractivity contribution in [2.45, 2.75) is 18.9 Å². The van der Waals surface area contributed by atoms with E-state index in [4.69, 9.17) is 16.7 Å². The average Bonchev–Trinajstić information content (AvgIpc) is 3.33. The van der Waals surface area contributed by atoms with Crippen LogP contribution in [0.1, 0.15) is 12.8 Å². The largest absolute Gasteiger partial charge is 0.371 e. The Bertz CT molecular complexity index is 1320. The van der Waals surface area contributed by atoms with Gasteiger partial charge in [0.05, 0.1) is 17.4 Å². The topological polar surface area (TPSA) is 51.9 Å². The highest BCUT2D eigenvalue weighted by Crippen LogP contribution is 2.27. The van der Waals surface area contributed by atoms with Crippen LogP contribution < -0.4 is 10.2 Å². The molecule has 0 aliphatic carbocycles. The number of nitrogens with one attached hydrogen (secondary N) is 1. The number of aromatic nitrogens is 3. The van der Waals surface area contributed by atoms with Gasteiger partial charge in [0.2, 0.25) is 5.95 Å². The van der Waals surface area contributed by atoms with E-state index in [2.05, 4.69) is 56.3 Å². The monoisotopic (exact) mass is 501 g/mol. The van der Waals surface area contributed by atoms with Crippen LogP contribution in [0.25, 0.3) is 16.8 Å². The summed E-state index contributed by atoms with van der Waals surface area (Å²) in [5, 5.41) is 8.81. The highest BCUT2D eigenvalue weighted by atomic mass is 35.5. The summed E-state index contributed by atoms with van der Waals surface area (Å²) in [4.78, 5) is 12.1. The minimum Gasteiger partial charge on any atom is -0.371 e. The molecule has 7 nitrogen and oxygen atoms in total. The Morgan fingerprint density at radius 2 is 1.67 bits per heavy atom. The fourth-order valence-corrected chi connectivity index (χ4v) is 5.58. The number of hydrogen-bond donors (Lipinski definition) is 1. The molecule has 0 radical (unpaired) electrons. The Morgan fingerprint density at radius 3 is 2.42 bits per heavy atom. The van der Waals surface area contributed by atoms with Gasteiger partial charge in [0.1, 0.15) is 0 Å². The highest BCUT2D eigenvalue weighted by Gasteiger charge is 2.26. The quantitative estimate of drug-likeness (QED) is 0.415. The molecule has 36 heavy (non-hydrogen) atoms. The first-order valence-corrected chi connectivity index (χ1v) is 13.2. The van der Waals surface area contributed by atoms with Crippen LogP contribution in [0.5, 0.6) is 0 Å². The Kier molecular flexibility index (Phi) is 6.52. The third-order valence-corrected chi connectivity index (χ3v) is 7.76. The number of nitrogens with zero attached hydrogens (tertiary/aromatic N) is 6. The fourth-order valence-electron chi connectivity index (χ4n) is 5.39. The number of benzene rings is 2. The molecule has 8 heteroatoms. The van der Waals surface area contributed by atoms with Crippen LogP contribution in [0.4, 0.5) is 17.3 Å². The Morgan fingerprint density at radius 1 is 0.889 bits per heavy atom. The van der Waals surface area contributed by atoms with Gasteiger partial charge in [0.15, 0.2) is 0 Å². The molecular formula is C28H32ClN7. The molecule has 2 fully saturated rings. The van der Waals surface area contributed by atoms with Gasteiger partial charge in [-0.3, -0.25) is 4.90 Å². The van der Waals surface area contributed by atoms with E-state index in [1.807, 2.05) is 47.1 Å². The number of halogens is 1. The van der Waals surface area contributed by atoms with E-state index >= 15 is 0 Å². The van der Waals surface area contributed by atoms with Crippen molar-refractivity contribution in [3.63, 3.8) is 0 Å². The summed E-state index contributed by atoms with van der Waals surface area (Å²) in [6, 6.07) is 21.2. The van der Waals surface area contributed by atoms with Gasteiger partial charge < -0.3 is 15.1 Å². The van der Waals surface area contributed by atoms with E-state index in [1.165, 1.54) is 44.7 Å². The van der Waals surface area contributed by atoms with Crippen LogP contribution in [-0.2, 0) is 0 Å². The third kappa shape index (κ3) is 4.91. The van der Waals surface area contributed by atoms with Crippen LogP contribution in [0, 0.1) is 0 Å². The predicted molar refractivity (Wildman–Crippen MR) is 147 cm³/mol. The lowest BCUT2D eigenvalue weighted by Gasteiger charge is -2.42. The van der Waals surface area contributed by atoms with Crippen molar-refractivity contribution in [3.05, 3.63) is 71.9 Å². The lowest BCUT2D eigenvalue weighted by Crippen LogP contribution is -2.52. The maximum absolute atomic E-state index is 6.21. The summed E-state index contributed by atoms with van der Waals surface area (Å²) in [5.74, 6) is 0.558. The molecule has 0 atom stereocenters. The Hall–Kier alpha value is -3.13. The summed E-state index contributed by atoms with van der Waals surface area (Å²) < 4.78 is 1.90. The van der Waals surface area contributed by atoms with Gasteiger partial charge in [-0.05, 0) is 68.4 Å². The van der Waals surface area contributed by atoms with Gasteiger partial charge in [0.25, 0.3) is 0 Å². The highest BCUT2D eigenvalue weighted by molar-refractivity contribution is 6.30. The zero-order chi connectivity index (χ0) is 24.5. The molecule has 2 aromatic heterocycles. The number of fused-ring (bicyclic) bond motifs is 1. The van der Waals surface area contributed by atoms with Crippen molar-refractivity contribution in [1.82, 2.24) is 24.4 Å². The predicted octanol–water partition coefficient (Wildman–Crippen LogP) is 5.01. The molecule has 0 unspecified atom stereocenters. The number of likely N-dealkylation sites (N-methyl/N-ethyl adjacent to an activating group) is 1. The molecule has 2 saturated heterocycles. The maximum atomic E-state index is 6.21. The molecule has 0 saturated carbocycles. The van der Waals surface area contributed by atoms with E-state index in [9.17, 15) is 0 Å². The van der Waals surface area contributed by atoms with Crippen LogP contribution >= 0.6 is 11.6 Å². The minimum absolute atomic E-state index is 0.558. The molecule has 186 valence electrons. The van der Waals surface area contributed by atoms with E-state index < -0.39 is 0 Å². The molecule has 2 aliphatic heterocycles. The summed E-state index contributed by atoms with van der Waals surface area (Å²) in [6.07, 6.45) is 4.31. The Balaban J connectivity index is 1.11. The van der Waals surface area contributed by atoms with Gasteiger partial charge >= 0.3 is 0 Å². The lowest BCUT2D eigenvalue weighted by molar-refractivity contribution is 0.0982. The molecule has 1 N–H and O–H groups in total. The Labute approximate surface area is 217 Å². The zero-order valence-corrected chi connectivity index (χ0v) is 21.4. The summed E-state index contributed by atoms with van der Waals surface area (Å²) in [5.41, 5.74) is 5.19. The number of piperazine rings is 1. The summed E-state index contributed by atoms with van der Waals surface area (Å²) >= 11 is 6.21. The standard InChI is InChI=1S/C28H32ClN7/c1-33-15-17-35(18-16-33)25-11-13-34(14-12-25)24-7-5-23(6-8-24)31-28-30-20-26-9-10-27(36(26)32-28)21-3-2-4-22(29)19-21/h2-10,19-20,25H,11-18H2,1H3,(H,31,32). The first-order valence-electron chi connectivity index (χ1n) is 12.8. The normalized spacial score (nSPS) is 18.1. The number of rotatable bonds is 5. The molecular weight excluding hydrogens is 470 g/mol. The van der Waals surface area contributed by atoms with Crippen molar-refractivity contribution in [2.75, 3.05) is 56.5 Å². The van der Waals surface area contributed by atoms with Crippen molar-refractivity contribution in [2.24, 2.45) is 0 Å². The summed E-state index contributed by atoms with van der Waals surface area (Å²) in [7, 11) is 2.22. The molecule has 0 amide bonds. The number of hydrogen-bond acceptors (Lipinski definition) is 6. The minimum atomic E-state index is 0.558. The smallest absolute Gasteiger partial charge is 0.245 e. The second-order valence-electron chi connectivity index (χ2n) is 9.88. The van der Waals surface area contributed by atoms with Crippen LogP contribution in [0.2, 0.25) is 5.02 Å². The van der Waals surface area contributed by atoms with Crippen LogP contribution in [-0.4, -0.2) is 76.8 Å². The van der Waals surface area contributed by atoms with Crippen molar-refractivity contribution in [1.29, 1.82) is 0 Å². The lowest BCUT2D eigenvalue weighted by atomic mass is 10.0. The molecule has 2 aromatic carbocycles. The molecule has 0 spiro atoms. The van der Waals surface area contributed by atoms with E-state index in [-0.39, 0.29) is 0 Å². The average molecular weight is 502 g/mol. The fraction of sp³-hybridized carbons (Fsp3) is 0.357. The van der Waals surface area contributed by atoms with Crippen LogP contribution in [0.15, 0.2) is 66.9 Å². The first-order chi connectivity index (χ1) is 17.6. The summed E-state index contributed by atoms with van der Waals surface area (Å²) in [6.45, 7) is 7.03. The molecule has 0 bridgehead atoms. The zero-order valence-electron chi connectivity index (χ0n) is 20.6. The van der Waals surface area contributed by atoms with E-state index in [0.29, 0.717) is 11.0 Å². The second-order valence-corrected chi connectivity index (χ2v) is 10.3. The number of piperidine rings is 1. The second kappa shape index (κ2) is 10.1. The van der Waals surface area contributed by atoms with E-state index in [0.717, 1.165) is 41.6 Å². The SMILES string of the molecule is CN1CCN(C2CCN(c3ccc(Nc4ncc5ccc(-c6cccc(Cl)c6)n5n4)cc3)CC2)CC1. The van der Waals surface area contributed by atoms with Crippen LogP contribution in [0.3, 0.4) is 0 Å². The van der Waals surface area contributed by atoms with Gasteiger partial charge in [-0.2, -0.15) is 0 Å². The van der Waals surface area contributed by atoms with Gasteiger partial charge in [-0.25, -0.2) is 9.50 Å². The van der Waals surface area contributed by atoms with Crippen molar-refractivity contribution in [3.8, 4) is 11.3 Å². The van der Waals surface area contributed by atoms with Gasteiger partial charge in [-0.1, -0.05) is 23.7 Å². The molecule has 2 aliphatic rings. The number of anilines is 3. The van der Waals surface area contributed by atoms with E-state index in [1.54, 1.807) is 0 Å². The van der Waals surface area contributed by atoms with Gasteiger partial charge in [0, 0.05) is 67.3 Å².